The number of benzene rings is 1. The molecule has 5 heteroatoms. The van der Waals surface area contributed by atoms with Crippen LogP contribution >= 0.6 is 0 Å². The first-order valence-electron chi connectivity index (χ1n) is 4.65. The average Bonchev–Trinajstić information content (AvgIpc) is 2.73. The Labute approximate surface area is 87.2 Å². The lowest BCUT2D eigenvalue weighted by molar-refractivity contribution is 0.466. The van der Waals surface area contributed by atoms with Crippen molar-refractivity contribution in [3.63, 3.8) is 0 Å². The van der Waals surface area contributed by atoms with E-state index in [9.17, 15) is 5.11 Å². The van der Waals surface area contributed by atoms with Crippen molar-refractivity contribution in [2.24, 2.45) is 0 Å². The van der Waals surface area contributed by atoms with Crippen LogP contribution in [-0.4, -0.2) is 25.7 Å². The van der Waals surface area contributed by atoms with E-state index in [1.807, 2.05) is 26.8 Å². The van der Waals surface area contributed by atoms with Gasteiger partial charge in [-0.3, -0.25) is 0 Å². The summed E-state index contributed by atoms with van der Waals surface area (Å²) in [7, 11) is 0. The van der Waals surface area contributed by atoms with Crippen LogP contribution in [0.2, 0.25) is 0 Å². The molecule has 0 bridgehead atoms. The number of phenols is 1. The van der Waals surface area contributed by atoms with Gasteiger partial charge in [0.2, 0.25) is 5.82 Å². The van der Waals surface area contributed by atoms with Gasteiger partial charge >= 0.3 is 0 Å². The molecule has 78 valence electrons. The Bertz CT molecular complexity index is 491. The van der Waals surface area contributed by atoms with Crippen molar-refractivity contribution in [3.8, 4) is 17.1 Å². The molecule has 0 aliphatic heterocycles. The number of nitrogens with zero attached hydrogens (tertiary/aromatic N) is 3. The van der Waals surface area contributed by atoms with Crippen molar-refractivity contribution < 1.29 is 5.11 Å². The Morgan fingerprint density at radius 2 is 1.93 bits per heavy atom. The van der Waals surface area contributed by atoms with Gasteiger partial charge in [-0.15, -0.1) is 10.2 Å². The molecule has 2 aromatic rings. The van der Waals surface area contributed by atoms with Crippen LogP contribution in [0, 0.1) is 20.8 Å². The van der Waals surface area contributed by atoms with Crippen molar-refractivity contribution >= 4 is 0 Å². The maximum absolute atomic E-state index is 9.74. The topological polar surface area (TPSA) is 74.7 Å². The minimum absolute atomic E-state index is 0.333. The summed E-state index contributed by atoms with van der Waals surface area (Å²) in [5.41, 5.74) is 3.55. The molecule has 2 rings (SSSR count). The van der Waals surface area contributed by atoms with Gasteiger partial charge in [-0.25, -0.2) is 0 Å². The van der Waals surface area contributed by atoms with Crippen LogP contribution in [0.1, 0.15) is 16.7 Å². The van der Waals surface area contributed by atoms with E-state index in [0.717, 1.165) is 22.3 Å². The molecular formula is C10H12N4O. The third-order valence-electron chi connectivity index (χ3n) is 2.64. The van der Waals surface area contributed by atoms with Crippen molar-refractivity contribution in [1.82, 2.24) is 20.6 Å². The summed E-state index contributed by atoms with van der Waals surface area (Å²) in [5.74, 6) is 0.887. The van der Waals surface area contributed by atoms with Crippen LogP contribution in [0.4, 0.5) is 0 Å². The van der Waals surface area contributed by atoms with Gasteiger partial charge in [0.15, 0.2) is 0 Å². The summed E-state index contributed by atoms with van der Waals surface area (Å²) in [6, 6.07) is 1.86. The lowest BCUT2D eigenvalue weighted by Crippen LogP contribution is -1.92. The molecule has 1 heterocycles. The molecule has 2 N–H and O–H groups in total. The molecule has 0 aliphatic carbocycles. The van der Waals surface area contributed by atoms with E-state index in [1.54, 1.807) is 0 Å². The number of aromatic amines is 1. The van der Waals surface area contributed by atoms with Gasteiger partial charge in [-0.1, -0.05) is 0 Å². The number of aromatic hydroxyl groups is 1. The van der Waals surface area contributed by atoms with Crippen LogP contribution < -0.4 is 0 Å². The molecule has 0 saturated heterocycles. The number of H-pyrrole nitrogens is 1. The molecule has 0 radical (unpaired) electrons. The van der Waals surface area contributed by atoms with E-state index in [4.69, 9.17) is 0 Å². The van der Waals surface area contributed by atoms with E-state index in [1.165, 1.54) is 0 Å². The number of aryl methyl sites for hydroxylation is 1. The molecule has 0 amide bonds. The van der Waals surface area contributed by atoms with Crippen LogP contribution in [0.5, 0.6) is 5.75 Å². The standard InChI is InChI=1S/C10H12N4O/c1-5-4-8(10-11-13-14-12-10)6(2)7(3)9(5)15/h4,15H,1-3H3,(H,11,12,13,14). The average molecular weight is 204 g/mol. The molecule has 0 unspecified atom stereocenters. The van der Waals surface area contributed by atoms with E-state index in [0.29, 0.717) is 11.6 Å². The first-order valence-corrected chi connectivity index (χ1v) is 4.65. The zero-order valence-corrected chi connectivity index (χ0v) is 8.87. The van der Waals surface area contributed by atoms with Crippen molar-refractivity contribution in [1.29, 1.82) is 0 Å². The molecule has 0 spiro atoms. The monoisotopic (exact) mass is 204 g/mol. The van der Waals surface area contributed by atoms with Crippen molar-refractivity contribution in [3.05, 3.63) is 22.8 Å². The van der Waals surface area contributed by atoms with Crippen LogP contribution in [0.3, 0.4) is 0 Å². The number of tetrazole rings is 1. The summed E-state index contributed by atoms with van der Waals surface area (Å²) in [6.45, 7) is 5.66. The van der Waals surface area contributed by atoms with Crippen LogP contribution in [0.25, 0.3) is 11.4 Å². The lowest BCUT2D eigenvalue weighted by atomic mass is 9.98. The first-order chi connectivity index (χ1) is 7.11. The number of nitrogens with one attached hydrogen (secondary N) is 1. The van der Waals surface area contributed by atoms with Gasteiger partial charge in [-0.2, -0.15) is 5.21 Å². The molecule has 0 fully saturated rings. The van der Waals surface area contributed by atoms with Gasteiger partial charge in [0.05, 0.1) is 0 Å². The van der Waals surface area contributed by atoms with Gasteiger partial charge in [0, 0.05) is 5.56 Å². The highest BCUT2D eigenvalue weighted by molar-refractivity contribution is 5.65. The number of phenolic OH excluding ortho intramolecular Hbond substituents is 1. The minimum Gasteiger partial charge on any atom is -0.507 e. The molecular weight excluding hydrogens is 192 g/mol. The number of hydrogen-bond donors (Lipinski definition) is 2. The predicted molar refractivity (Wildman–Crippen MR) is 55.5 cm³/mol. The molecule has 1 aromatic carbocycles. The summed E-state index contributed by atoms with van der Waals surface area (Å²) in [4.78, 5) is 0. The first kappa shape index (κ1) is 9.64. The summed E-state index contributed by atoms with van der Waals surface area (Å²) in [6.07, 6.45) is 0. The van der Waals surface area contributed by atoms with E-state index in [2.05, 4.69) is 20.6 Å². The summed E-state index contributed by atoms with van der Waals surface area (Å²) < 4.78 is 0. The molecule has 15 heavy (non-hydrogen) atoms. The Balaban J connectivity index is 2.69. The number of aromatic nitrogens is 4. The summed E-state index contributed by atoms with van der Waals surface area (Å²) >= 11 is 0. The Morgan fingerprint density at radius 1 is 1.20 bits per heavy atom. The Hall–Kier alpha value is -1.91. The second-order valence-corrected chi connectivity index (χ2v) is 3.58. The normalized spacial score (nSPS) is 10.6. The Morgan fingerprint density at radius 3 is 2.53 bits per heavy atom. The molecule has 0 atom stereocenters. The van der Waals surface area contributed by atoms with E-state index >= 15 is 0 Å². The molecule has 1 aromatic heterocycles. The van der Waals surface area contributed by atoms with Crippen molar-refractivity contribution in [2.75, 3.05) is 0 Å². The molecule has 5 nitrogen and oxygen atoms in total. The predicted octanol–water partition coefficient (Wildman–Crippen LogP) is 1.50. The smallest absolute Gasteiger partial charge is 0.204 e. The quantitative estimate of drug-likeness (QED) is 0.738. The van der Waals surface area contributed by atoms with Gasteiger partial charge < -0.3 is 5.11 Å². The van der Waals surface area contributed by atoms with E-state index in [-0.39, 0.29) is 0 Å². The maximum Gasteiger partial charge on any atom is 0.204 e. The van der Waals surface area contributed by atoms with Crippen LogP contribution in [-0.2, 0) is 0 Å². The zero-order chi connectivity index (χ0) is 11.0. The second-order valence-electron chi connectivity index (χ2n) is 3.58. The highest BCUT2D eigenvalue weighted by Crippen LogP contribution is 2.31. The largest absolute Gasteiger partial charge is 0.507 e. The lowest BCUT2D eigenvalue weighted by Gasteiger charge is -2.10. The highest BCUT2D eigenvalue weighted by Gasteiger charge is 2.13. The zero-order valence-electron chi connectivity index (χ0n) is 8.87. The number of rotatable bonds is 1. The third-order valence-corrected chi connectivity index (χ3v) is 2.64. The highest BCUT2D eigenvalue weighted by atomic mass is 16.3. The van der Waals surface area contributed by atoms with Crippen molar-refractivity contribution in [2.45, 2.75) is 20.8 Å². The molecule has 0 aliphatic rings. The minimum atomic E-state index is 0.333. The maximum atomic E-state index is 9.74. The SMILES string of the molecule is Cc1cc(-c2nn[nH]n2)c(C)c(C)c1O. The molecule has 0 saturated carbocycles. The fraction of sp³-hybridized carbons (Fsp3) is 0.300. The fourth-order valence-corrected chi connectivity index (χ4v) is 1.58. The van der Waals surface area contributed by atoms with Gasteiger partial charge in [-0.05, 0) is 48.7 Å². The Kier molecular flexibility index (Phi) is 2.15. The van der Waals surface area contributed by atoms with E-state index < -0.39 is 0 Å². The third kappa shape index (κ3) is 1.45. The fourth-order valence-electron chi connectivity index (χ4n) is 1.58. The number of hydrogen-bond acceptors (Lipinski definition) is 4. The van der Waals surface area contributed by atoms with Gasteiger partial charge in [0.1, 0.15) is 5.75 Å². The summed E-state index contributed by atoms with van der Waals surface area (Å²) in [5, 5.41) is 23.5. The van der Waals surface area contributed by atoms with Crippen LogP contribution in [0.15, 0.2) is 6.07 Å². The van der Waals surface area contributed by atoms with Gasteiger partial charge in [0.25, 0.3) is 0 Å². The second kappa shape index (κ2) is 3.34.